The fourth-order valence-corrected chi connectivity index (χ4v) is 0.471. The lowest BCUT2D eigenvalue weighted by Crippen LogP contribution is -1.88. The minimum atomic E-state index is 0.292. The van der Waals surface area contributed by atoms with Crippen molar-refractivity contribution >= 4 is 0 Å². The van der Waals surface area contributed by atoms with Gasteiger partial charge in [0.25, 0.3) is 0 Å². The number of rotatable bonds is 2. The highest BCUT2D eigenvalue weighted by Gasteiger charge is 1.96. The second-order valence-electron chi connectivity index (χ2n) is 1.64. The van der Waals surface area contributed by atoms with E-state index in [0.717, 1.165) is 12.8 Å². The first-order valence-electron chi connectivity index (χ1n) is 3.74. The van der Waals surface area contributed by atoms with E-state index in [2.05, 4.69) is 6.07 Å². The molecule has 0 rings (SSSR count). The molecule has 1 nitrogen and oxygen atoms in total. The maximum absolute atomic E-state index is 8.28. The Kier molecular flexibility index (Phi) is 13.2. The second-order valence-corrected chi connectivity index (χ2v) is 1.64. The van der Waals surface area contributed by atoms with E-state index < -0.39 is 0 Å². The van der Waals surface area contributed by atoms with E-state index in [4.69, 9.17) is 5.26 Å². The average Bonchev–Trinajstić information content (AvgIpc) is 1.96. The lowest BCUT2D eigenvalue weighted by molar-refractivity contribution is 0.620. The molecule has 0 radical (unpaired) electrons. The number of nitriles is 1. The van der Waals surface area contributed by atoms with Gasteiger partial charge in [-0.25, -0.2) is 0 Å². The van der Waals surface area contributed by atoms with Crippen molar-refractivity contribution in [2.24, 2.45) is 5.92 Å². The maximum atomic E-state index is 8.28. The van der Waals surface area contributed by atoms with Crippen LogP contribution in [0.25, 0.3) is 0 Å². The first-order chi connectivity index (χ1) is 4.35. The van der Waals surface area contributed by atoms with Gasteiger partial charge < -0.3 is 0 Å². The summed E-state index contributed by atoms with van der Waals surface area (Å²) in [5, 5.41) is 8.28. The minimum absolute atomic E-state index is 0.292. The lowest BCUT2D eigenvalue weighted by Gasteiger charge is -1.95. The largest absolute Gasteiger partial charge is 0.198 e. The number of hydrogen-bond donors (Lipinski definition) is 0. The molecule has 0 spiro atoms. The van der Waals surface area contributed by atoms with Crippen LogP contribution in [0.15, 0.2) is 0 Å². The molecule has 0 N–H and O–H groups in total. The van der Waals surface area contributed by atoms with Crippen molar-refractivity contribution in [2.45, 2.75) is 40.5 Å². The van der Waals surface area contributed by atoms with Gasteiger partial charge in [-0.3, -0.25) is 0 Å². The minimum Gasteiger partial charge on any atom is -0.198 e. The lowest BCUT2D eigenvalue weighted by atomic mass is 10.1. The molecule has 0 aromatic carbocycles. The predicted molar refractivity (Wildman–Crippen MR) is 41.0 cm³/mol. The van der Waals surface area contributed by atoms with Gasteiger partial charge >= 0.3 is 0 Å². The molecule has 0 heterocycles. The van der Waals surface area contributed by atoms with E-state index in [9.17, 15) is 0 Å². The summed E-state index contributed by atoms with van der Waals surface area (Å²) in [5.41, 5.74) is 0. The van der Waals surface area contributed by atoms with Crippen LogP contribution < -0.4 is 0 Å². The average molecular weight is 127 g/mol. The Hall–Kier alpha value is -0.510. The molecular weight excluding hydrogens is 110 g/mol. The van der Waals surface area contributed by atoms with Crippen molar-refractivity contribution in [1.29, 1.82) is 5.26 Å². The van der Waals surface area contributed by atoms with Gasteiger partial charge in [0, 0.05) is 5.92 Å². The maximum Gasteiger partial charge on any atom is 0.0655 e. The SMILES string of the molecule is CC.CCC(C#N)CC. The molecule has 0 aromatic heterocycles. The van der Waals surface area contributed by atoms with Crippen molar-refractivity contribution in [3.05, 3.63) is 0 Å². The Balaban J connectivity index is 0. The molecule has 0 saturated heterocycles. The molecule has 0 aromatic rings. The molecule has 0 unspecified atom stereocenters. The summed E-state index contributed by atoms with van der Waals surface area (Å²) < 4.78 is 0. The first kappa shape index (κ1) is 11.3. The molecule has 0 aliphatic carbocycles. The summed E-state index contributed by atoms with van der Waals surface area (Å²) >= 11 is 0. The fraction of sp³-hybridized carbons (Fsp3) is 0.875. The Morgan fingerprint density at radius 2 is 1.56 bits per heavy atom. The first-order valence-corrected chi connectivity index (χ1v) is 3.74. The molecule has 0 atom stereocenters. The van der Waals surface area contributed by atoms with Crippen molar-refractivity contribution in [1.82, 2.24) is 0 Å². The smallest absolute Gasteiger partial charge is 0.0655 e. The molecule has 0 fully saturated rings. The van der Waals surface area contributed by atoms with Crippen molar-refractivity contribution in [3.63, 3.8) is 0 Å². The zero-order valence-corrected chi connectivity index (χ0v) is 6.94. The Bertz CT molecular complexity index is 67.1. The van der Waals surface area contributed by atoms with Crippen molar-refractivity contribution < 1.29 is 0 Å². The molecule has 0 saturated carbocycles. The Morgan fingerprint density at radius 1 is 1.22 bits per heavy atom. The number of hydrogen-bond acceptors (Lipinski definition) is 1. The molecule has 1 heteroatoms. The second kappa shape index (κ2) is 10.5. The summed E-state index contributed by atoms with van der Waals surface area (Å²) in [6.07, 6.45) is 1.99. The Labute approximate surface area is 58.7 Å². The van der Waals surface area contributed by atoms with Crippen LogP contribution in [-0.2, 0) is 0 Å². The van der Waals surface area contributed by atoms with E-state index >= 15 is 0 Å². The van der Waals surface area contributed by atoms with Gasteiger partial charge in [-0.2, -0.15) is 5.26 Å². The predicted octanol–water partition coefficient (Wildman–Crippen LogP) is 2.97. The molecule has 0 bridgehead atoms. The molecule has 54 valence electrons. The summed E-state index contributed by atoms with van der Waals surface area (Å²) in [6, 6.07) is 2.20. The van der Waals surface area contributed by atoms with Gasteiger partial charge in [0.1, 0.15) is 0 Å². The van der Waals surface area contributed by atoms with E-state index in [1.54, 1.807) is 0 Å². The molecule has 0 amide bonds. The van der Waals surface area contributed by atoms with E-state index in [0.29, 0.717) is 5.92 Å². The van der Waals surface area contributed by atoms with Gasteiger partial charge in [-0.05, 0) is 12.8 Å². The third-order valence-corrected chi connectivity index (χ3v) is 1.17. The van der Waals surface area contributed by atoms with Crippen LogP contribution in [0, 0.1) is 17.2 Å². The van der Waals surface area contributed by atoms with Crippen LogP contribution in [0.4, 0.5) is 0 Å². The summed E-state index contributed by atoms with van der Waals surface area (Å²) in [4.78, 5) is 0. The monoisotopic (exact) mass is 127 g/mol. The quantitative estimate of drug-likeness (QED) is 0.559. The topological polar surface area (TPSA) is 23.8 Å². The third kappa shape index (κ3) is 7.49. The highest BCUT2D eigenvalue weighted by atomic mass is 14.3. The van der Waals surface area contributed by atoms with Gasteiger partial charge in [0.2, 0.25) is 0 Å². The normalized spacial score (nSPS) is 7.56. The molecular formula is C8H17N. The standard InChI is InChI=1S/C6H11N.C2H6/c1-3-6(4-2)5-7;1-2/h6H,3-4H2,1-2H3;1-2H3. The van der Waals surface area contributed by atoms with Crippen LogP contribution in [0.1, 0.15) is 40.5 Å². The van der Waals surface area contributed by atoms with Gasteiger partial charge in [-0.1, -0.05) is 27.7 Å². The van der Waals surface area contributed by atoms with Gasteiger partial charge in [0.05, 0.1) is 6.07 Å². The van der Waals surface area contributed by atoms with E-state index in [1.165, 1.54) is 0 Å². The van der Waals surface area contributed by atoms with Crippen molar-refractivity contribution in [2.75, 3.05) is 0 Å². The van der Waals surface area contributed by atoms with Crippen LogP contribution in [-0.4, -0.2) is 0 Å². The highest BCUT2D eigenvalue weighted by molar-refractivity contribution is 4.79. The summed E-state index contributed by atoms with van der Waals surface area (Å²) in [7, 11) is 0. The summed E-state index contributed by atoms with van der Waals surface area (Å²) in [6.45, 7) is 8.08. The van der Waals surface area contributed by atoms with Gasteiger partial charge in [-0.15, -0.1) is 0 Å². The molecule has 9 heavy (non-hydrogen) atoms. The zero-order valence-electron chi connectivity index (χ0n) is 6.94. The van der Waals surface area contributed by atoms with Gasteiger partial charge in [0.15, 0.2) is 0 Å². The zero-order chi connectivity index (χ0) is 7.70. The van der Waals surface area contributed by atoms with Crippen LogP contribution >= 0.6 is 0 Å². The highest BCUT2D eigenvalue weighted by Crippen LogP contribution is 2.03. The van der Waals surface area contributed by atoms with Crippen molar-refractivity contribution in [3.8, 4) is 6.07 Å². The third-order valence-electron chi connectivity index (χ3n) is 1.17. The van der Waals surface area contributed by atoms with E-state index in [-0.39, 0.29) is 0 Å². The fourth-order valence-electron chi connectivity index (χ4n) is 0.471. The number of nitrogens with zero attached hydrogens (tertiary/aromatic N) is 1. The summed E-state index contributed by atoms with van der Waals surface area (Å²) in [5.74, 6) is 0.292. The van der Waals surface area contributed by atoms with E-state index in [1.807, 2.05) is 27.7 Å². The van der Waals surface area contributed by atoms with Crippen LogP contribution in [0.3, 0.4) is 0 Å². The molecule has 0 aliphatic rings. The van der Waals surface area contributed by atoms with Crippen LogP contribution in [0.2, 0.25) is 0 Å². The Morgan fingerprint density at radius 3 is 1.56 bits per heavy atom. The van der Waals surface area contributed by atoms with Crippen LogP contribution in [0.5, 0.6) is 0 Å². The molecule has 0 aliphatic heterocycles.